The first-order valence-corrected chi connectivity index (χ1v) is 13.8. The second-order valence-corrected chi connectivity index (χ2v) is 10.8. The van der Waals surface area contributed by atoms with Crippen LogP contribution in [0.3, 0.4) is 0 Å². The van der Waals surface area contributed by atoms with Gasteiger partial charge in [0.15, 0.2) is 6.61 Å². The zero-order valence-corrected chi connectivity index (χ0v) is 21.8. The van der Waals surface area contributed by atoms with Crippen molar-refractivity contribution in [3.05, 3.63) is 90.0 Å². The second kappa shape index (κ2) is 12.7. The highest BCUT2D eigenvalue weighted by molar-refractivity contribution is 7.92. The quantitative estimate of drug-likeness (QED) is 0.415. The summed E-state index contributed by atoms with van der Waals surface area (Å²) < 4.78 is 39.5. The number of aryl methyl sites for hydroxylation is 1. The van der Waals surface area contributed by atoms with Crippen LogP contribution < -0.4 is 14.4 Å². The number of hydrogen-bond donors (Lipinski definition) is 1. The van der Waals surface area contributed by atoms with Crippen LogP contribution in [0.25, 0.3) is 0 Å². The molecule has 0 bridgehead atoms. The number of carbonyl (C=O) groups is 1. The molecule has 0 unspecified atom stereocenters. The summed E-state index contributed by atoms with van der Waals surface area (Å²) in [5, 5.41) is 2.87. The SMILES string of the molecule is Cc1ccc(S(=O)(=O)N(Cc2ccccc2)c2ccc(OCC(=O)NCCN3CCOCC3)cc2)cc1. The molecule has 1 saturated heterocycles. The number of sulfonamides is 1. The van der Waals surface area contributed by atoms with E-state index in [-0.39, 0.29) is 24.0 Å². The van der Waals surface area contributed by atoms with Gasteiger partial charge in [0.2, 0.25) is 0 Å². The molecule has 1 N–H and O–H groups in total. The highest BCUT2D eigenvalue weighted by Crippen LogP contribution is 2.28. The van der Waals surface area contributed by atoms with E-state index >= 15 is 0 Å². The first-order chi connectivity index (χ1) is 17.9. The first-order valence-electron chi connectivity index (χ1n) is 12.3. The minimum atomic E-state index is -3.81. The lowest BCUT2D eigenvalue weighted by Gasteiger charge is -2.26. The average Bonchev–Trinajstić information content (AvgIpc) is 2.92. The number of amides is 1. The molecule has 0 spiro atoms. The summed E-state index contributed by atoms with van der Waals surface area (Å²) in [6, 6.07) is 23.0. The fourth-order valence-corrected chi connectivity index (χ4v) is 5.44. The van der Waals surface area contributed by atoms with E-state index in [1.54, 1.807) is 48.5 Å². The average molecular weight is 524 g/mol. The molecule has 0 aliphatic carbocycles. The maximum Gasteiger partial charge on any atom is 0.264 e. The molecule has 0 aromatic heterocycles. The number of rotatable bonds is 11. The zero-order chi connectivity index (χ0) is 26.1. The molecule has 196 valence electrons. The lowest BCUT2D eigenvalue weighted by molar-refractivity contribution is -0.123. The Balaban J connectivity index is 1.40. The summed E-state index contributed by atoms with van der Waals surface area (Å²) in [6.45, 7) is 6.51. The Bertz CT molecular complexity index is 1240. The third-order valence-electron chi connectivity index (χ3n) is 6.13. The molecule has 1 heterocycles. The van der Waals surface area contributed by atoms with E-state index < -0.39 is 10.0 Å². The van der Waals surface area contributed by atoms with Gasteiger partial charge in [0, 0.05) is 26.2 Å². The van der Waals surface area contributed by atoms with Crippen LogP contribution in [-0.2, 0) is 26.1 Å². The van der Waals surface area contributed by atoms with E-state index in [9.17, 15) is 13.2 Å². The maximum absolute atomic E-state index is 13.6. The van der Waals surface area contributed by atoms with Gasteiger partial charge in [-0.3, -0.25) is 14.0 Å². The smallest absolute Gasteiger partial charge is 0.264 e. The van der Waals surface area contributed by atoms with E-state index in [1.165, 1.54) is 4.31 Å². The number of ether oxygens (including phenoxy) is 2. The van der Waals surface area contributed by atoms with Crippen LogP contribution in [0.1, 0.15) is 11.1 Å². The van der Waals surface area contributed by atoms with Crippen molar-refractivity contribution in [2.45, 2.75) is 18.4 Å². The lowest BCUT2D eigenvalue weighted by atomic mass is 10.2. The summed E-state index contributed by atoms with van der Waals surface area (Å²) in [5.41, 5.74) is 2.36. The fraction of sp³-hybridized carbons (Fsp3) is 0.321. The summed E-state index contributed by atoms with van der Waals surface area (Å²) in [5.74, 6) is 0.282. The van der Waals surface area contributed by atoms with Gasteiger partial charge < -0.3 is 14.8 Å². The first kappa shape index (κ1) is 26.7. The fourth-order valence-electron chi connectivity index (χ4n) is 3.99. The molecule has 1 aliphatic heterocycles. The summed E-state index contributed by atoms with van der Waals surface area (Å²) in [7, 11) is -3.81. The van der Waals surface area contributed by atoms with Crippen LogP contribution in [0.2, 0.25) is 0 Å². The Morgan fingerprint density at radius 3 is 2.32 bits per heavy atom. The highest BCUT2D eigenvalue weighted by atomic mass is 32.2. The Morgan fingerprint density at radius 1 is 0.973 bits per heavy atom. The summed E-state index contributed by atoms with van der Waals surface area (Å²) in [6.07, 6.45) is 0. The van der Waals surface area contributed by atoms with E-state index in [2.05, 4.69) is 10.2 Å². The topological polar surface area (TPSA) is 88.2 Å². The molecule has 0 radical (unpaired) electrons. The molecule has 4 rings (SSSR count). The molecule has 1 amide bonds. The maximum atomic E-state index is 13.6. The molecule has 3 aromatic carbocycles. The van der Waals surface area contributed by atoms with Crippen molar-refractivity contribution in [1.29, 1.82) is 0 Å². The van der Waals surface area contributed by atoms with E-state index in [4.69, 9.17) is 9.47 Å². The highest BCUT2D eigenvalue weighted by Gasteiger charge is 2.25. The minimum absolute atomic E-state index is 0.113. The van der Waals surface area contributed by atoms with Gasteiger partial charge in [0.1, 0.15) is 5.75 Å². The predicted molar refractivity (Wildman–Crippen MR) is 143 cm³/mol. The van der Waals surface area contributed by atoms with Crippen molar-refractivity contribution < 1.29 is 22.7 Å². The number of benzene rings is 3. The van der Waals surface area contributed by atoms with Crippen molar-refractivity contribution >= 4 is 21.6 Å². The molecule has 37 heavy (non-hydrogen) atoms. The van der Waals surface area contributed by atoms with E-state index in [0.29, 0.717) is 18.0 Å². The Hall–Kier alpha value is -3.40. The van der Waals surface area contributed by atoms with E-state index in [1.807, 2.05) is 37.3 Å². The summed E-state index contributed by atoms with van der Waals surface area (Å²) >= 11 is 0. The molecule has 0 saturated carbocycles. The number of morpholine rings is 1. The van der Waals surface area contributed by atoms with E-state index in [0.717, 1.165) is 44.0 Å². The van der Waals surface area contributed by atoms with Gasteiger partial charge in [-0.1, -0.05) is 48.0 Å². The van der Waals surface area contributed by atoms with Crippen molar-refractivity contribution in [3.63, 3.8) is 0 Å². The molecular formula is C28H33N3O5S. The number of anilines is 1. The Kier molecular flexibility index (Phi) is 9.16. The minimum Gasteiger partial charge on any atom is -0.484 e. The van der Waals surface area contributed by atoms with Crippen LogP contribution in [-0.4, -0.2) is 65.2 Å². The van der Waals surface area contributed by atoms with Crippen LogP contribution >= 0.6 is 0 Å². The van der Waals surface area contributed by atoms with Crippen LogP contribution in [0.4, 0.5) is 5.69 Å². The molecule has 9 heteroatoms. The number of carbonyl (C=O) groups excluding carboxylic acids is 1. The second-order valence-electron chi connectivity index (χ2n) is 8.90. The van der Waals surface area contributed by atoms with Gasteiger partial charge in [-0.2, -0.15) is 0 Å². The molecule has 1 fully saturated rings. The van der Waals surface area contributed by atoms with Crippen LogP contribution in [0.5, 0.6) is 5.75 Å². The van der Waals surface area contributed by atoms with Gasteiger partial charge in [-0.15, -0.1) is 0 Å². The molecular weight excluding hydrogens is 490 g/mol. The third-order valence-corrected chi connectivity index (χ3v) is 7.91. The number of hydrogen-bond acceptors (Lipinski definition) is 6. The lowest BCUT2D eigenvalue weighted by Crippen LogP contribution is -2.42. The molecule has 8 nitrogen and oxygen atoms in total. The summed E-state index contributed by atoms with van der Waals surface area (Å²) in [4.78, 5) is 14.7. The van der Waals surface area contributed by atoms with Crippen LogP contribution in [0, 0.1) is 6.92 Å². The van der Waals surface area contributed by atoms with Crippen molar-refractivity contribution in [2.75, 3.05) is 50.3 Å². The van der Waals surface area contributed by atoms with Crippen molar-refractivity contribution in [1.82, 2.24) is 10.2 Å². The molecule has 1 aliphatic rings. The van der Waals surface area contributed by atoms with Gasteiger partial charge in [0.05, 0.1) is 30.3 Å². The molecule has 3 aromatic rings. The van der Waals surface area contributed by atoms with Crippen molar-refractivity contribution in [2.24, 2.45) is 0 Å². The largest absolute Gasteiger partial charge is 0.484 e. The molecule has 0 atom stereocenters. The van der Waals surface area contributed by atoms with Crippen LogP contribution in [0.15, 0.2) is 83.8 Å². The normalized spacial score (nSPS) is 14.2. The Morgan fingerprint density at radius 2 is 1.65 bits per heavy atom. The standard InChI is InChI=1S/C28H33N3O5S/c1-23-7-13-27(14-8-23)37(33,34)31(21-24-5-3-2-4-6-24)25-9-11-26(12-10-25)36-22-28(32)29-15-16-30-17-19-35-20-18-30/h2-14H,15-22H2,1H3,(H,29,32). The number of nitrogens with one attached hydrogen (secondary N) is 1. The number of nitrogens with zero attached hydrogens (tertiary/aromatic N) is 2. The van der Waals surface area contributed by atoms with Gasteiger partial charge >= 0.3 is 0 Å². The monoisotopic (exact) mass is 523 g/mol. The van der Waals surface area contributed by atoms with Gasteiger partial charge in [0.25, 0.3) is 15.9 Å². The van der Waals surface area contributed by atoms with Crippen molar-refractivity contribution in [3.8, 4) is 5.75 Å². The third kappa shape index (κ3) is 7.55. The Labute approximate surface area is 218 Å². The zero-order valence-electron chi connectivity index (χ0n) is 21.0. The predicted octanol–water partition coefficient (Wildman–Crippen LogP) is 3.22. The van der Waals surface area contributed by atoms with Gasteiger partial charge in [-0.25, -0.2) is 8.42 Å². The van der Waals surface area contributed by atoms with Gasteiger partial charge in [-0.05, 0) is 48.9 Å².